The van der Waals surface area contributed by atoms with Crippen LogP contribution in [-0.4, -0.2) is 28.2 Å². The molecule has 0 aliphatic carbocycles. The normalized spacial score (nSPS) is 12.1. The molecule has 0 aliphatic heterocycles. The number of nitrogens with zero attached hydrogens (tertiary/aromatic N) is 1. The van der Waals surface area contributed by atoms with Crippen molar-refractivity contribution in [3.8, 4) is 5.75 Å². The van der Waals surface area contributed by atoms with E-state index in [9.17, 15) is 4.79 Å². The van der Waals surface area contributed by atoms with Gasteiger partial charge >= 0.3 is 0 Å². The predicted molar refractivity (Wildman–Crippen MR) is 103 cm³/mol. The summed E-state index contributed by atoms with van der Waals surface area (Å²) in [6, 6.07) is 15.3. The quantitative estimate of drug-likeness (QED) is 0.659. The highest BCUT2D eigenvalue weighted by Crippen LogP contribution is 2.27. The summed E-state index contributed by atoms with van der Waals surface area (Å²) in [4.78, 5) is 20.0. The van der Waals surface area contributed by atoms with Crippen molar-refractivity contribution in [2.45, 2.75) is 19.1 Å². The molecule has 0 aliphatic rings. The maximum absolute atomic E-state index is 12.1. The van der Waals surface area contributed by atoms with Crippen LogP contribution in [0.3, 0.4) is 0 Å². The van der Waals surface area contributed by atoms with Gasteiger partial charge in [-0.1, -0.05) is 12.1 Å². The Hall–Kier alpha value is -2.47. The molecule has 0 saturated heterocycles. The lowest BCUT2D eigenvalue weighted by molar-refractivity contribution is -0.113. The summed E-state index contributed by atoms with van der Waals surface area (Å²) >= 11 is 1.55. The summed E-state index contributed by atoms with van der Waals surface area (Å²) in [5, 5.41) is 3.01. The first-order valence-corrected chi connectivity index (χ1v) is 9.29. The van der Waals surface area contributed by atoms with E-state index in [1.807, 2.05) is 62.4 Å². The molecule has 3 rings (SSSR count). The van der Waals surface area contributed by atoms with E-state index in [-0.39, 0.29) is 11.2 Å². The van der Waals surface area contributed by atoms with Gasteiger partial charge in [0.15, 0.2) is 0 Å². The zero-order valence-corrected chi connectivity index (χ0v) is 15.1. The number of fused-ring (bicyclic) bond motifs is 1. The molecule has 1 heterocycles. The van der Waals surface area contributed by atoms with Gasteiger partial charge in [-0.05, 0) is 50.2 Å². The van der Waals surface area contributed by atoms with Crippen molar-refractivity contribution < 1.29 is 9.53 Å². The number of para-hydroxylation sites is 2. The van der Waals surface area contributed by atoms with Crippen LogP contribution in [0.4, 0.5) is 5.69 Å². The summed E-state index contributed by atoms with van der Waals surface area (Å²) in [6.07, 6.45) is 0. The van der Waals surface area contributed by atoms with Gasteiger partial charge in [0.2, 0.25) is 5.91 Å². The van der Waals surface area contributed by atoms with Crippen LogP contribution in [0.25, 0.3) is 11.0 Å². The minimum absolute atomic E-state index is 0.0304. The number of aromatic nitrogens is 2. The zero-order valence-electron chi connectivity index (χ0n) is 14.3. The number of nitrogens with one attached hydrogen (secondary N) is 2. The molecule has 6 heteroatoms. The first-order valence-electron chi connectivity index (χ1n) is 8.24. The molecule has 0 fully saturated rings. The van der Waals surface area contributed by atoms with Crippen LogP contribution in [0, 0.1) is 0 Å². The number of rotatable bonds is 7. The molecule has 0 radical (unpaired) electrons. The predicted octanol–water partition coefficient (Wildman–Crippen LogP) is 4.39. The number of hydrogen-bond acceptors (Lipinski definition) is 4. The summed E-state index contributed by atoms with van der Waals surface area (Å²) in [7, 11) is 0. The monoisotopic (exact) mass is 355 g/mol. The van der Waals surface area contributed by atoms with E-state index in [1.54, 1.807) is 11.8 Å². The number of ether oxygens (including phenoxy) is 1. The number of anilines is 1. The van der Waals surface area contributed by atoms with Gasteiger partial charge in [-0.2, -0.15) is 0 Å². The number of amides is 1. The van der Waals surface area contributed by atoms with E-state index in [4.69, 9.17) is 4.74 Å². The Morgan fingerprint density at radius 1 is 1.24 bits per heavy atom. The van der Waals surface area contributed by atoms with Crippen LogP contribution in [0.1, 0.15) is 24.9 Å². The third kappa shape index (κ3) is 4.54. The van der Waals surface area contributed by atoms with Crippen LogP contribution in [-0.2, 0) is 4.79 Å². The van der Waals surface area contributed by atoms with Gasteiger partial charge in [0.1, 0.15) is 11.6 Å². The van der Waals surface area contributed by atoms with Gasteiger partial charge in [0.25, 0.3) is 0 Å². The van der Waals surface area contributed by atoms with Crippen molar-refractivity contribution in [3.05, 3.63) is 54.4 Å². The molecule has 0 spiro atoms. The highest BCUT2D eigenvalue weighted by molar-refractivity contribution is 8.00. The van der Waals surface area contributed by atoms with Crippen LogP contribution in [0.5, 0.6) is 5.75 Å². The number of aromatic amines is 1. The molecule has 0 saturated carbocycles. The number of hydrogen-bond donors (Lipinski definition) is 2. The van der Waals surface area contributed by atoms with E-state index < -0.39 is 0 Å². The van der Waals surface area contributed by atoms with E-state index in [2.05, 4.69) is 15.3 Å². The van der Waals surface area contributed by atoms with Crippen molar-refractivity contribution >= 4 is 34.4 Å². The third-order valence-corrected chi connectivity index (χ3v) is 4.86. The van der Waals surface area contributed by atoms with Gasteiger partial charge in [0, 0.05) is 5.69 Å². The molecule has 5 nitrogen and oxygen atoms in total. The fourth-order valence-corrected chi connectivity index (χ4v) is 3.19. The average Bonchev–Trinajstić information content (AvgIpc) is 3.06. The summed E-state index contributed by atoms with van der Waals surface area (Å²) in [5.41, 5.74) is 2.73. The van der Waals surface area contributed by atoms with Gasteiger partial charge < -0.3 is 15.0 Å². The fraction of sp³-hybridized carbons (Fsp3) is 0.263. The SMILES string of the molecule is CCOc1ccc(NC(=O)CS[C@H](C)c2nc3ccccc3[nH]2)cc1. The lowest BCUT2D eigenvalue weighted by atomic mass is 10.3. The molecule has 25 heavy (non-hydrogen) atoms. The maximum Gasteiger partial charge on any atom is 0.234 e. The number of H-pyrrole nitrogens is 1. The van der Waals surface area contributed by atoms with Crippen LogP contribution in [0.2, 0.25) is 0 Å². The van der Waals surface area contributed by atoms with Crippen molar-refractivity contribution in [2.75, 3.05) is 17.7 Å². The van der Waals surface area contributed by atoms with Crippen molar-refractivity contribution in [3.63, 3.8) is 0 Å². The fourth-order valence-electron chi connectivity index (χ4n) is 2.44. The lowest BCUT2D eigenvalue weighted by Crippen LogP contribution is -2.14. The molecule has 0 unspecified atom stereocenters. The highest BCUT2D eigenvalue weighted by Gasteiger charge is 2.13. The van der Waals surface area contributed by atoms with Crippen molar-refractivity contribution in [2.24, 2.45) is 0 Å². The molecular weight excluding hydrogens is 334 g/mol. The largest absolute Gasteiger partial charge is 0.494 e. The van der Waals surface area contributed by atoms with E-state index in [1.165, 1.54) is 0 Å². The second-order valence-electron chi connectivity index (χ2n) is 5.60. The number of carbonyl (C=O) groups is 1. The Labute approximate surface area is 151 Å². The number of thioether (sulfide) groups is 1. The first-order chi connectivity index (χ1) is 12.2. The maximum atomic E-state index is 12.1. The second kappa shape index (κ2) is 8.07. The van der Waals surface area contributed by atoms with Crippen LogP contribution in [0.15, 0.2) is 48.5 Å². The number of imidazole rings is 1. The summed E-state index contributed by atoms with van der Waals surface area (Å²) < 4.78 is 5.39. The smallest absolute Gasteiger partial charge is 0.234 e. The first kappa shape index (κ1) is 17.4. The molecule has 1 atom stereocenters. The standard InChI is InChI=1S/C19H21N3O2S/c1-3-24-15-10-8-14(9-11-15)20-18(23)12-25-13(2)19-21-16-6-4-5-7-17(16)22-19/h4-11,13H,3,12H2,1-2H3,(H,20,23)(H,21,22)/t13-/m1/s1. The third-order valence-electron chi connectivity index (χ3n) is 3.71. The Bertz CT molecular complexity index is 812. The second-order valence-corrected chi connectivity index (χ2v) is 6.93. The Morgan fingerprint density at radius 3 is 2.72 bits per heavy atom. The molecule has 2 aromatic carbocycles. The van der Waals surface area contributed by atoms with E-state index in [0.717, 1.165) is 28.3 Å². The molecule has 130 valence electrons. The van der Waals surface area contributed by atoms with Crippen molar-refractivity contribution in [1.82, 2.24) is 9.97 Å². The van der Waals surface area contributed by atoms with Crippen molar-refractivity contribution in [1.29, 1.82) is 0 Å². The van der Waals surface area contributed by atoms with Crippen LogP contribution < -0.4 is 10.1 Å². The molecular formula is C19H21N3O2S. The lowest BCUT2D eigenvalue weighted by Gasteiger charge is -2.09. The number of benzene rings is 2. The number of carbonyl (C=O) groups excluding carboxylic acids is 1. The van der Waals surface area contributed by atoms with E-state index in [0.29, 0.717) is 12.4 Å². The van der Waals surface area contributed by atoms with E-state index >= 15 is 0 Å². The highest BCUT2D eigenvalue weighted by atomic mass is 32.2. The average molecular weight is 355 g/mol. The van der Waals surface area contributed by atoms with Crippen LogP contribution >= 0.6 is 11.8 Å². The summed E-state index contributed by atoms with van der Waals surface area (Å²) in [5.74, 6) is 2.02. The van der Waals surface area contributed by atoms with Gasteiger partial charge in [-0.3, -0.25) is 4.79 Å². The Kier molecular flexibility index (Phi) is 5.60. The molecule has 0 bridgehead atoms. The zero-order chi connectivity index (χ0) is 17.6. The molecule has 2 N–H and O–H groups in total. The Morgan fingerprint density at radius 2 is 2.00 bits per heavy atom. The summed E-state index contributed by atoms with van der Waals surface area (Å²) in [6.45, 7) is 4.62. The molecule has 1 aromatic heterocycles. The minimum Gasteiger partial charge on any atom is -0.494 e. The Balaban J connectivity index is 1.52. The molecule has 1 amide bonds. The minimum atomic E-state index is -0.0304. The van der Waals surface area contributed by atoms with Gasteiger partial charge in [0.05, 0.1) is 28.6 Å². The molecule has 3 aromatic rings. The van der Waals surface area contributed by atoms with Gasteiger partial charge in [-0.15, -0.1) is 11.8 Å². The topological polar surface area (TPSA) is 67.0 Å². The van der Waals surface area contributed by atoms with Gasteiger partial charge in [-0.25, -0.2) is 4.98 Å².